The van der Waals surface area contributed by atoms with E-state index in [1.54, 1.807) is 6.20 Å². The molecule has 1 aliphatic rings. The maximum Gasteiger partial charge on any atom is 0.257 e. The predicted molar refractivity (Wildman–Crippen MR) is 96.9 cm³/mol. The average molecular weight is 374 g/mol. The molecule has 3 rings (SSSR count). The van der Waals surface area contributed by atoms with Crippen LogP contribution in [0.15, 0.2) is 47.1 Å². The van der Waals surface area contributed by atoms with E-state index < -0.39 is 0 Å². The largest absolute Gasteiger partial charge is 0.357 e. The molecule has 0 atom stereocenters. The number of benzene rings is 1. The van der Waals surface area contributed by atoms with Crippen LogP contribution in [0.5, 0.6) is 0 Å². The summed E-state index contributed by atoms with van der Waals surface area (Å²) in [7, 11) is 0. The first kappa shape index (κ1) is 16.0. The lowest BCUT2D eigenvalue weighted by Gasteiger charge is -2.31. The van der Waals surface area contributed by atoms with Gasteiger partial charge in [-0.15, -0.1) is 0 Å². The number of aromatic nitrogens is 1. The molecule has 0 saturated carbocycles. The van der Waals surface area contributed by atoms with Gasteiger partial charge in [-0.05, 0) is 55.2 Å². The number of carbonyl (C=O) groups excluding carboxylic acids is 1. The molecule has 1 amide bonds. The van der Waals surface area contributed by atoms with Crippen LogP contribution in [-0.4, -0.2) is 24.0 Å². The van der Waals surface area contributed by atoms with E-state index in [9.17, 15) is 4.79 Å². The summed E-state index contributed by atoms with van der Waals surface area (Å²) < 4.78 is 0.984. The van der Waals surface area contributed by atoms with E-state index >= 15 is 0 Å². The fraction of sp³-hybridized carbons (Fsp3) is 0.333. The van der Waals surface area contributed by atoms with Gasteiger partial charge in [-0.25, -0.2) is 4.98 Å². The molecule has 0 spiro atoms. The average Bonchev–Trinajstić information content (AvgIpc) is 2.58. The molecule has 0 aliphatic carbocycles. The molecule has 1 aromatic carbocycles. The molecule has 120 valence electrons. The maximum absolute atomic E-state index is 12.3. The number of nitrogens with zero attached hydrogens (tertiary/aromatic N) is 2. The Bertz CT molecular complexity index is 662. The minimum atomic E-state index is -0.140. The zero-order valence-corrected chi connectivity index (χ0v) is 14.7. The Balaban J connectivity index is 1.64. The zero-order chi connectivity index (χ0) is 16.2. The lowest BCUT2D eigenvalue weighted by molar-refractivity contribution is 0.102. The number of nitrogens with one attached hydrogen (secondary N) is 1. The monoisotopic (exact) mass is 373 g/mol. The lowest BCUT2D eigenvalue weighted by Crippen LogP contribution is -2.33. The summed E-state index contributed by atoms with van der Waals surface area (Å²) in [6.07, 6.45) is 4.06. The molecule has 1 saturated heterocycles. The van der Waals surface area contributed by atoms with Crippen LogP contribution in [0.2, 0.25) is 0 Å². The highest BCUT2D eigenvalue weighted by Gasteiger charge is 2.17. The number of hydrogen-bond donors (Lipinski definition) is 1. The van der Waals surface area contributed by atoms with Crippen molar-refractivity contribution in [2.75, 3.05) is 23.3 Å². The van der Waals surface area contributed by atoms with Crippen molar-refractivity contribution in [3.63, 3.8) is 0 Å². The molecular weight excluding hydrogens is 354 g/mol. The molecule has 0 radical (unpaired) electrons. The van der Waals surface area contributed by atoms with Crippen LogP contribution < -0.4 is 10.2 Å². The second-order valence-electron chi connectivity index (χ2n) is 6.04. The van der Waals surface area contributed by atoms with Crippen molar-refractivity contribution in [2.45, 2.75) is 19.8 Å². The van der Waals surface area contributed by atoms with Crippen LogP contribution in [-0.2, 0) is 0 Å². The van der Waals surface area contributed by atoms with Crippen LogP contribution >= 0.6 is 15.9 Å². The number of hydrogen-bond acceptors (Lipinski definition) is 3. The number of amides is 1. The van der Waals surface area contributed by atoms with Gasteiger partial charge in [-0.3, -0.25) is 4.79 Å². The molecule has 1 N–H and O–H groups in total. The van der Waals surface area contributed by atoms with Gasteiger partial charge in [0.15, 0.2) is 0 Å². The summed E-state index contributed by atoms with van der Waals surface area (Å²) in [4.78, 5) is 19.0. The van der Waals surface area contributed by atoms with Crippen molar-refractivity contribution in [3.05, 3.63) is 52.6 Å². The highest BCUT2D eigenvalue weighted by atomic mass is 79.9. The Hall–Kier alpha value is -1.88. The van der Waals surface area contributed by atoms with E-state index in [2.05, 4.69) is 38.1 Å². The van der Waals surface area contributed by atoms with E-state index in [-0.39, 0.29) is 5.91 Å². The third kappa shape index (κ3) is 4.10. The summed E-state index contributed by atoms with van der Waals surface area (Å²) >= 11 is 3.38. The summed E-state index contributed by atoms with van der Waals surface area (Å²) in [5.41, 5.74) is 1.34. The first-order valence-electron chi connectivity index (χ1n) is 7.90. The molecule has 2 aromatic rings. The fourth-order valence-electron chi connectivity index (χ4n) is 2.68. The number of carbonyl (C=O) groups is 1. The number of pyridine rings is 1. The third-order valence-electron chi connectivity index (χ3n) is 4.22. The van der Waals surface area contributed by atoms with Gasteiger partial charge in [-0.2, -0.15) is 0 Å². The molecule has 4 nitrogen and oxygen atoms in total. The number of halogens is 1. The maximum atomic E-state index is 12.3. The molecule has 23 heavy (non-hydrogen) atoms. The quantitative estimate of drug-likeness (QED) is 0.870. The van der Waals surface area contributed by atoms with Gasteiger partial charge in [0, 0.05) is 29.4 Å². The third-order valence-corrected chi connectivity index (χ3v) is 4.75. The number of anilines is 2. The van der Waals surface area contributed by atoms with Crippen LogP contribution in [0.3, 0.4) is 0 Å². The Morgan fingerprint density at radius 2 is 1.87 bits per heavy atom. The molecule has 2 heterocycles. The van der Waals surface area contributed by atoms with E-state index in [1.165, 1.54) is 12.8 Å². The Labute approximate surface area is 145 Å². The summed E-state index contributed by atoms with van der Waals surface area (Å²) in [5, 5.41) is 2.88. The van der Waals surface area contributed by atoms with Crippen LogP contribution in [0.25, 0.3) is 0 Å². The summed E-state index contributed by atoms with van der Waals surface area (Å²) in [6, 6.07) is 11.3. The first-order valence-corrected chi connectivity index (χ1v) is 8.69. The van der Waals surface area contributed by atoms with E-state index in [0.717, 1.165) is 35.0 Å². The Morgan fingerprint density at radius 1 is 1.17 bits per heavy atom. The van der Waals surface area contributed by atoms with Crippen LogP contribution in [0.4, 0.5) is 11.5 Å². The van der Waals surface area contributed by atoms with E-state index in [4.69, 9.17) is 0 Å². The fourth-order valence-corrected chi connectivity index (χ4v) is 2.95. The second-order valence-corrected chi connectivity index (χ2v) is 6.95. The molecule has 1 fully saturated rings. The highest BCUT2D eigenvalue weighted by Crippen LogP contribution is 2.21. The Morgan fingerprint density at radius 3 is 2.48 bits per heavy atom. The van der Waals surface area contributed by atoms with Crippen molar-refractivity contribution in [2.24, 2.45) is 5.92 Å². The minimum Gasteiger partial charge on any atom is -0.357 e. The first-order chi connectivity index (χ1) is 11.1. The smallest absolute Gasteiger partial charge is 0.257 e. The molecule has 1 aliphatic heterocycles. The summed E-state index contributed by atoms with van der Waals surface area (Å²) in [5.74, 6) is 1.61. The topological polar surface area (TPSA) is 45.2 Å². The van der Waals surface area contributed by atoms with Crippen molar-refractivity contribution < 1.29 is 4.79 Å². The molecule has 0 bridgehead atoms. The van der Waals surface area contributed by atoms with Crippen LogP contribution in [0.1, 0.15) is 30.1 Å². The van der Waals surface area contributed by atoms with Crippen LogP contribution in [0, 0.1) is 5.92 Å². The van der Waals surface area contributed by atoms with Gasteiger partial charge in [0.25, 0.3) is 5.91 Å². The molecule has 5 heteroatoms. The van der Waals surface area contributed by atoms with Gasteiger partial charge >= 0.3 is 0 Å². The van der Waals surface area contributed by atoms with E-state index in [1.807, 2.05) is 36.4 Å². The van der Waals surface area contributed by atoms with Crippen molar-refractivity contribution in [1.29, 1.82) is 0 Å². The van der Waals surface area contributed by atoms with Gasteiger partial charge in [0.1, 0.15) is 5.82 Å². The molecule has 0 unspecified atom stereocenters. The standard InChI is InChI=1S/C18H20BrN3O/c1-13-8-10-22(11-9-13)17-7-2-14(12-20-17)18(23)21-16-5-3-15(19)4-6-16/h2-7,12-13H,8-11H2,1H3,(H,21,23). The Kier molecular flexibility index (Phi) is 4.96. The number of rotatable bonds is 3. The van der Waals surface area contributed by atoms with Crippen molar-refractivity contribution in [1.82, 2.24) is 4.98 Å². The van der Waals surface area contributed by atoms with Gasteiger partial charge in [0.2, 0.25) is 0 Å². The minimum absolute atomic E-state index is 0.140. The van der Waals surface area contributed by atoms with E-state index in [0.29, 0.717) is 5.56 Å². The summed E-state index contributed by atoms with van der Waals surface area (Å²) in [6.45, 7) is 4.37. The van der Waals surface area contributed by atoms with Gasteiger partial charge < -0.3 is 10.2 Å². The predicted octanol–water partition coefficient (Wildman–Crippen LogP) is 4.33. The lowest BCUT2D eigenvalue weighted by atomic mass is 9.99. The SMILES string of the molecule is CC1CCN(c2ccc(C(=O)Nc3ccc(Br)cc3)cn2)CC1. The zero-order valence-electron chi connectivity index (χ0n) is 13.1. The molecule has 1 aromatic heterocycles. The normalized spacial score (nSPS) is 15.5. The number of piperidine rings is 1. The van der Waals surface area contributed by atoms with Gasteiger partial charge in [-0.1, -0.05) is 22.9 Å². The van der Waals surface area contributed by atoms with Crippen molar-refractivity contribution in [3.8, 4) is 0 Å². The second kappa shape index (κ2) is 7.13. The molecular formula is C18H20BrN3O. The van der Waals surface area contributed by atoms with Gasteiger partial charge in [0.05, 0.1) is 5.56 Å². The highest BCUT2D eigenvalue weighted by molar-refractivity contribution is 9.10. The van der Waals surface area contributed by atoms with Crippen molar-refractivity contribution >= 4 is 33.3 Å².